The zero-order valence-electron chi connectivity index (χ0n) is 13.2. The molecule has 0 spiro atoms. The highest BCUT2D eigenvalue weighted by molar-refractivity contribution is 5.36. The van der Waals surface area contributed by atoms with Crippen LogP contribution >= 0.6 is 0 Å². The molecule has 0 aliphatic heterocycles. The van der Waals surface area contributed by atoms with Crippen LogP contribution in [-0.4, -0.2) is 4.92 Å². The van der Waals surface area contributed by atoms with Gasteiger partial charge in [0.2, 0.25) is 0 Å². The molecule has 116 valence electrons. The van der Waals surface area contributed by atoms with Crippen LogP contribution in [0.15, 0.2) is 48.5 Å². The minimum atomic E-state index is -0.346. The number of hydrogen-bond donors (Lipinski definition) is 1. The van der Waals surface area contributed by atoms with Gasteiger partial charge < -0.3 is 5.32 Å². The molecule has 0 bridgehead atoms. The Labute approximate surface area is 131 Å². The lowest BCUT2D eigenvalue weighted by atomic mass is 9.98. The SMILES string of the molecule is CCC(NC(C)c1ccccc1C)c1cccc([N+](=O)[O-])c1. The third kappa shape index (κ3) is 3.71. The monoisotopic (exact) mass is 298 g/mol. The summed E-state index contributed by atoms with van der Waals surface area (Å²) in [6.07, 6.45) is 0.872. The van der Waals surface area contributed by atoms with E-state index < -0.39 is 0 Å². The fourth-order valence-corrected chi connectivity index (χ4v) is 2.77. The Kier molecular flexibility index (Phi) is 5.28. The maximum Gasteiger partial charge on any atom is 0.269 e. The van der Waals surface area contributed by atoms with Crippen LogP contribution in [0.3, 0.4) is 0 Å². The van der Waals surface area contributed by atoms with Crippen LogP contribution in [0.2, 0.25) is 0 Å². The molecule has 4 nitrogen and oxygen atoms in total. The standard InChI is InChI=1S/C18H22N2O2/c1-4-18(15-9-7-10-16(12-15)20(21)22)19-14(3)17-11-6-5-8-13(17)2/h5-12,14,18-19H,4H2,1-3H3. The molecule has 4 heteroatoms. The van der Waals surface area contributed by atoms with Crippen LogP contribution in [0.25, 0.3) is 0 Å². The van der Waals surface area contributed by atoms with Gasteiger partial charge in [0.05, 0.1) is 4.92 Å². The van der Waals surface area contributed by atoms with Gasteiger partial charge in [0, 0.05) is 24.2 Å². The molecule has 0 saturated heterocycles. The van der Waals surface area contributed by atoms with E-state index in [1.807, 2.05) is 18.2 Å². The minimum Gasteiger partial charge on any atom is -0.303 e. The summed E-state index contributed by atoms with van der Waals surface area (Å²) in [7, 11) is 0. The second-order valence-electron chi connectivity index (χ2n) is 5.56. The quantitative estimate of drug-likeness (QED) is 0.621. The molecule has 2 unspecified atom stereocenters. The Morgan fingerprint density at radius 3 is 2.55 bits per heavy atom. The van der Waals surface area contributed by atoms with Crippen molar-refractivity contribution in [1.82, 2.24) is 5.32 Å². The molecule has 1 N–H and O–H groups in total. The van der Waals surface area contributed by atoms with Crippen molar-refractivity contribution in [3.05, 3.63) is 75.3 Å². The number of aryl methyl sites for hydroxylation is 1. The molecular formula is C18H22N2O2. The number of rotatable bonds is 6. The predicted octanol–water partition coefficient (Wildman–Crippen LogP) is 4.71. The number of benzene rings is 2. The zero-order chi connectivity index (χ0) is 16.1. The molecule has 22 heavy (non-hydrogen) atoms. The summed E-state index contributed by atoms with van der Waals surface area (Å²) < 4.78 is 0. The molecule has 0 heterocycles. The van der Waals surface area contributed by atoms with Crippen LogP contribution < -0.4 is 5.32 Å². The summed E-state index contributed by atoms with van der Waals surface area (Å²) in [4.78, 5) is 10.6. The van der Waals surface area contributed by atoms with Gasteiger partial charge in [-0.15, -0.1) is 0 Å². The highest BCUT2D eigenvalue weighted by Gasteiger charge is 2.17. The van der Waals surface area contributed by atoms with Crippen molar-refractivity contribution in [3.8, 4) is 0 Å². The molecule has 0 amide bonds. The second kappa shape index (κ2) is 7.18. The van der Waals surface area contributed by atoms with Gasteiger partial charge in [-0.2, -0.15) is 0 Å². The fourth-order valence-electron chi connectivity index (χ4n) is 2.77. The number of nitrogens with zero attached hydrogens (tertiary/aromatic N) is 1. The van der Waals surface area contributed by atoms with E-state index in [1.165, 1.54) is 17.2 Å². The summed E-state index contributed by atoms with van der Waals surface area (Å²) in [5.74, 6) is 0. The van der Waals surface area contributed by atoms with E-state index in [-0.39, 0.29) is 22.7 Å². The molecule has 0 fully saturated rings. The summed E-state index contributed by atoms with van der Waals surface area (Å²) in [6.45, 7) is 6.31. The Hall–Kier alpha value is -2.20. The van der Waals surface area contributed by atoms with Crippen LogP contribution in [0, 0.1) is 17.0 Å². The van der Waals surface area contributed by atoms with Crippen LogP contribution in [0.5, 0.6) is 0 Å². The van der Waals surface area contributed by atoms with E-state index in [4.69, 9.17) is 0 Å². The maximum atomic E-state index is 10.9. The lowest BCUT2D eigenvalue weighted by Crippen LogP contribution is -2.24. The zero-order valence-corrected chi connectivity index (χ0v) is 13.2. The molecule has 2 rings (SSSR count). The second-order valence-corrected chi connectivity index (χ2v) is 5.56. The third-order valence-corrected chi connectivity index (χ3v) is 4.00. The molecule has 2 atom stereocenters. The predicted molar refractivity (Wildman–Crippen MR) is 88.9 cm³/mol. The lowest BCUT2D eigenvalue weighted by molar-refractivity contribution is -0.384. The molecule has 0 radical (unpaired) electrons. The summed E-state index contributed by atoms with van der Waals surface area (Å²) >= 11 is 0. The largest absolute Gasteiger partial charge is 0.303 e. The average Bonchev–Trinajstić information content (AvgIpc) is 2.52. The molecule has 0 aliphatic rings. The van der Waals surface area contributed by atoms with Gasteiger partial charge in [-0.1, -0.05) is 43.3 Å². The van der Waals surface area contributed by atoms with Gasteiger partial charge in [-0.25, -0.2) is 0 Å². The summed E-state index contributed by atoms with van der Waals surface area (Å²) in [5, 5.41) is 14.5. The average molecular weight is 298 g/mol. The van der Waals surface area contributed by atoms with Crippen molar-refractivity contribution in [2.45, 2.75) is 39.3 Å². The molecule has 0 aliphatic carbocycles. The van der Waals surface area contributed by atoms with Crippen molar-refractivity contribution in [3.63, 3.8) is 0 Å². The highest BCUT2D eigenvalue weighted by Crippen LogP contribution is 2.26. The van der Waals surface area contributed by atoms with E-state index in [9.17, 15) is 10.1 Å². The van der Waals surface area contributed by atoms with E-state index >= 15 is 0 Å². The van der Waals surface area contributed by atoms with Crippen molar-refractivity contribution < 1.29 is 4.92 Å². The van der Waals surface area contributed by atoms with Crippen LogP contribution in [-0.2, 0) is 0 Å². The number of nitro groups is 1. The highest BCUT2D eigenvalue weighted by atomic mass is 16.6. The topological polar surface area (TPSA) is 55.2 Å². The Morgan fingerprint density at radius 2 is 1.91 bits per heavy atom. The van der Waals surface area contributed by atoms with Gasteiger partial charge in [0.25, 0.3) is 5.69 Å². The van der Waals surface area contributed by atoms with Crippen LogP contribution in [0.1, 0.15) is 49.0 Å². The van der Waals surface area contributed by atoms with Crippen molar-refractivity contribution in [2.75, 3.05) is 0 Å². The first-order chi connectivity index (χ1) is 10.5. The normalized spacial score (nSPS) is 13.6. The van der Waals surface area contributed by atoms with Crippen molar-refractivity contribution in [1.29, 1.82) is 0 Å². The van der Waals surface area contributed by atoms with E-state index in [1.54, 1.807) is 12.1 Å². The first kappa shape index (κ1) is 16.2. The lowest BCUT2D eigenvalue weighted by Gasteiger charge is -2.24. The Balaban J connectivity index is 2.20. The third-order valence-electron chi connectivity index (χ3n) is 4.00. The van der Waals surface area contributed by atoms with Gasteiger partial charge in [-0.05, 0) is 37.0 Å². The molecule has 2 aromatic carbocycles. The number of non-ortho nitro benzene ring substituents is 1. The summed E-state index contributed by atoms with van der Waals surface area (Å²) in [5.41, 5.74) is 3.60. The summed E-state index contributed by atoms with van der Waals surface area (Å²) in [6, 6.07) is 15.4. The number of nitrogens with one attached hydrogen (secondary N) is 1. The Bertz CT molecular complexity index is 655. The first-order valence-corrected chi connectivity index (χ1v) is 7.58. The molecular weight excluding hydrogens is 276 g/mol. The molecule has 2 aromatic rings. The fraction of sp³-hybridized carbons (Fsp3) is 0.333. The maximum absolute atomic E-state index is 10.9. The van der Waals surface area contributed by atoms with Gasteiger partial charge in [-0.3, -0.25) is 10.1 Å². The first-order valence-electron chi connectivity index (χ1n) is 7.58. The Morgan fingerprint density at radius 1 is 1.18 bits per heavy atom. The molecule has 0 aromatic heterocycles. The number of nitro benzene ring substituents is 1. The van der Waals surface area contributed by atoms with E-state index in [0.717, 1.165) is 12.0 Å². The van der Waals surface area contributed by atoms with Crippen molar-refractivity contribution >= 4 is 5.69 Å². The van der Waals surface area contributed by atoms with Crippen LogP contribution in [0.4, 0.5) is 5.69 Å². The van der Waals surface area contributed by atoms with Crippen molar-refractivity contribution in [2.24, 2.45) is 0 Å². The van der Waals surface area contributed by atoms with Gasteiger partial charge >= 0.3 is 0 Å². The molecule has 0 saturated carbocycles. The van der Waals surface area contributed by atoms with Gasteiger partial charge in [0.15, 0.2) is 0 Å². The van der Waals surface area contributed by atoms with E-state index in [0.29, 0.717) is 0 Å². The van der Waals surface area contributed by atoms with Gasteiger partial charge in [0.1, 0.15) is 0 Å². The smallest absolute Gasteiger partial charge is 0.269 e. The van der Waals surface area contributed by atoms with E-state index in [2.05, 4.69) is 38.2 Å². The number of hydrogen-bond acceptors (Lipinski definition) is 3. The minimum absolute atomic E-state index is 0.0921.